The highest BCUT2D eigenvalue weighted by molar-refractivity contribution is 8.00. The molecule has 3 amide bonds. The molecule has 1 atom stereocenters. The molecule has 9 heteroatoms. The van der Waals surface area contributed by atoms with Gasteiger partial charge in [-0.25, -0.2) is 4.79 Å². The Balaban J connectivity index is 1.44. The fourth-order valence-corrected chi connectivity index (χ4v) is 4.82. The second-order valence-electron chi connectivity index (χ2n) is 8.50. The van der Waals surface area contributed by atoms with Crippen molar-refractivity contribution in [3.05, 3.63) is 96.1 Å². The minimum absolute atomic E-state index is 0.0575. The first-order valence-corrected chi connectivity index (χ1v) is 12.6. The zero-order valence-corrected chi connectivity index (χ0v) is 21.5. The van der Waals surface area contributed by atoms with Crippen LogP contribution in [-0.4, -0.2) is 34.0 Å². The molecule has 4 N–H and O–H groups in total. The van der Waals surface area contributed by atoms with Crippen molar-refractivity contribution in [2.24, 2.45) is 0 Å². The average molecular weight is 528 g/mol. The van der Waals surface area contributed by atoms with Crippen LogP contribution < -0.4 is 16.0 Å². The van der Waals surface area contributed by atoms with E-state index in [-0.39, 0.29) is 22.9 Å². The van der Waals surface area contributed by atoms with Gasteiger partial charge in [0.15, 0.2) is 0 Å². The van der Waals surface area contributed by atoms with Gasteiger partial charge >= 0.3 is 5.97 Å². The van der Waals surface area contributed by atoms with Crippen LogP contribution >= 0.6 is 11.8 Å². The lowest BCUT2D eigenvalue weighted by Crippen LogP contribution is -2.22. The van der Waals surface area contributed by atoms with Gasteiger partial charge in [-0.15, -0.1) is 11.8 Å². The molecule has 38 heavy (non-hydrogen) atoms. The normalized spacial score (nSPS) is 11.4. The van der Waals surface area contributed by atoms with E-state index in [1.165, 1.54) is 24.8 Å². The molecule has 4 aromatic carbocycles. The second-order valence-corrected chi connectivity index (χ2v) is 9.92. The van der Waals surface area contributed by atoms with Gasteiger partial charge in [0.25, 0.3) is 5.91 Å². The first-order chi connectivity index (χ1) is 18.2. The number of thioether (sulfide) groups is 1. The summed E-state index contributed by atoms with van der Waals surface area (Å²) in [5.41, 5.74) is 2.08. The van der Waals surface area contributed by atoms with E-state index >= 15 is 0 Å². The van der Waals surface area contributed by atoms with Gasteiger partial charge in [0, 0.05) is 39.8 Å². The maximum Gasteiger partial charge on any atom is 0.336 e. The van der Waals surface area contributed by atoms with Gasteiger partial charge in [0.05, 0.1) is 10.8 Å². The van der Waals surface area contributed by atoms with E-state index in [0.717, 1.165) is 4.90 Å². The van der Waals surface area contributed by atoms with Crippen LogP contribution in [0.15, 0.2) is 89.8 Å². The predicted molar refractivity (Wildman–Crippen MR) is 150 cm³/mol. The lowest BCUT2D eigenvalue weighted by atomic mass is 9.98. The maximum absolute atomic E-state index is 13.1. The third-order valence-corrected chi connectivity index (χ3v) is 6.72. The molecule has 0 bridgehead atoms. The Morgan fingerprint density at radius 1 is 0.737 bits per heavy atom. The Labute approximate surface area is 223 Å². The predicted octanol–water partition coefficient (Wildman–Crippen LogP) is 5.87. The molecule has 0 fully saturated rings. The standard InChI is InChI=1S/C29H25N3O5S/c1-17(27(34)31-21-14-12-20(13-15-21)30-18(2)33)38-23-9-5-8-22(16-23)32-28(35)24-10-3-6-19-7-4-11-25(26(19)24)29(36)37/h3-17H,1-2H3,(H,30,33)(H,31,34)(H,32,35)(H,36,37). The highest BCUT2D eigenvalue weighted by Gasteiger charge is 2.18. The summed E-state index contributed by atoms with van der Waals surface area (Å²) < 4.78 is 0. The van der Waals surface area contributed by atoms with Crippen LogP contribution in [0.3, 0.4) is 0 Å². The van der Waals surface area contributed by atoms with Gasteiger partial charge < -0.3 is 21.1 Å². The average Bonchev–Trinajstić information content (AvgIpc) is 2.88. The summed E-state index contributed by atoms with van der Waals surface area (Å²) in [6.45, 7) is 3.20. The van der Waals surface area contributed by atoms with Crippen LogP contribution in [0.5, 0.6) is 0 Å². The Morgan fingerprint density at radius 3 is 1.97 bits per heavy atom. The molecule has 0 radical (unpaired) electrons. The molecule has 0 spiro atoms. The van der Waals surface area contributed by atoms with Gasteiger partial charge in [-0.2, -0.15) is 0 Å². The Bertz CT molecular complexity index is 1530. The van der Waals surface area contributed by atoms with Gasteiger partial charge in [-0.05, 0) is 66.9 Å². The number of carbonyl (C=O) groups is 4. The lowest BCUT2D eigenvalue weighted by molar-refractivity contribution is -0.115. The molecule has 4 rings (SSSR count). The second kappa shape index (κ2) is 11.6. The molecule has 0 aromatic heterocycles. The Kier molecular flexibility index (Phi) is 8.08. The smallest absolute Gasteiger partial charge is 0.336 e. The highest BCUT2D eigenvalue weighted by Crippen LogP contribution is 2.28. The van der Waals surface area contributed by atoms with E-state index in [2.05, 4.69) is 16.0 Å². The number of anilines is 3. The van der Waals surface area contributed by atoms with Crippen LogP contribution in [-0.2, 0) is 9.59 Å². The molecule has 1 unspecified atom stereocenters. The summed E-state index contributed by atoms with van der Waals surface area (Å²) in [5, 5.41) is 18.6. The summed E-state index contributed by atoms with van der Waals surface area (Å²) in [5.74, 6) is -1.91. The fourth-order valence-electron chi connectivity index (χ4n) is 3.90. The highest BCUT2D eigenvalue weighted by atomic mass is 32.2. The van der Waals surface area contributed by atoms with E-state index in [1.54, 1.807) is 79.7 Å². The third-order valence-electron chi connectivity index (χ3n) is 5.63. The number of rotatable bonds is 8. The summed E-state index contributed by atoms with van der Waals surface area (Å²) in [4.78, 5) is 49.5. The van der Waals surface area contributed by atoms with Crippen molar-refractivity contribution in [2.75, 3.05) is 16.0 Å². The number of amides is 3. The summed E-state index contributed by atoms with van der Waals surface area (Å²) in [7, 11) is 0. The van der Waals surface area contributed by atoms with Crippen molar-refractivity contribution in [3.63, 3.8) is 0 Å². The topological polar surface area (TPSA) is 125 Å². The van der Waals surface area contributed by atoms with E-state index in [9.17, 15) is 24.3 Å². The zero-order chi connectivity index (χ0) is 27.2. The van der Waals surface area contributed by atoms with Gasteiger partial charge in [-0.1, -0.05) is 30.3 Å². The first kappa shape index (κ1) is 26.4. The van der Waals surface area contributed by atoms with Crippen LogP contribution in [0.25, 0.3) is 10.8 Å². The molecule has 8 nitrogen and oxygen atoms in total. The van der Waals surface area contributed by atoms with Crippen molar-refractivity contribution in [2.45, 2.75) is 24.0 Å². The lowest BCUT2D eigenvalue weighted by Gasteiger charge is -2.14. The van der Waals surface area contributed by atoms with Gasteiger partial charge in [0.2, 0.25) is 11.8 Å². The van der Waals surface area contributed by atoms with E-state index in [1.807, 2.05) is 6.07 Å². The Hall–Kier alpha value is -4.63. The van der Waals surface area contributed by atoms with Crippen molar-refractivity contribution in [3.8, 4) is 0 Å². The number of fused-ring (bicyclic) bond motifs is 1. The summed E-state index contributed by atoms with van der Waals surface area (Å²) in [6, 6.07) is 23.9. The van der Waals surface area contributed by atoms with Crippen LogP contribution in [0.1, 0.15) is 34.6 Å². The molecule has 0 aliphatic rings. The quantitative estimate of drug-likeness (QED) is 0.213. The molecule has 0 saturated heterocycles. The number of carboxylic acids is 1. The first-order valence-electron chi connectivity index (χ1n) is 11.7. The SMILES string of the molecule is CC(=O)Nc1ccc(NC(=O)C(C)Sc2cccc(NC(=O)c3cccc4cccc(C(=O)O)c34)c2)cc1. The number of nitrogens with one attached hydrogen (secondary N) is 3. The Morgan fingerprint density at radius 2 is 1.34 bits per heavy atom. The van der Waals surface area contributed by atoms with Crippen LogP contribution in [0.4, 0.5) is 17.1 Å². The van der Waals surface area contributed by atoms with Crippen molar-refractivity contribution >= 4 is 63.3 Å². The summed E-state index contributed by atoms with van der Waals surface area (Å²) in [6.07, 6.45) is 0. The molecule has 4 aromatic rings. The van der Waals surface area contributed by atoms with Crippen LogP contribution in [0, 0.1) is 0 Å². The van der Waals surface area contributed by atoms with Gasteiger partial charge in [-0.3, -0.25) is 14.4 Å². The zero-order valence-electron chi connectivity index (χ0n) is 20.6. The van der Waals surface area contributed by atoms with Gasteiger partial charge in [0.1, 0.15) is 0 Å². The molecule has 0 aliphatic carbocycles. The molecule has 0 saturated carbocycles. The molecule has 192 valence electrons. The number of benzene rings is 4. The van der Waals surface area contributed by atoms with E-state index in [0.29, 0.717) is 27.8 Å². The summed E-state index contributed by atoms with van der Waals surface area (Å²) >= 11 is 1.33. The number of carbonyl (C=O) groups excluding carboxylic acids is 3. The van der Waals surface area contributed by atoms with Crippen LogP contribution in [0.2, 0.25) is 0 Å². The fraction of sp³-hybridized carbons (Fsp3) is 0.103. The minimum atomic E-state index is -1.11. The minimum Gasteiger partial charge on any atom is -0.478 e. The number of hydrogen-bond donors (Lipinski definition) is 4. The van der Waals surface area contributed by atoms with Crippen molar-refractivity contribution in [1.82, 2.24) is 0 Å². The molecule has 0 aliphatic heterocycles. The molecular formula is C29H25N3O5S. The molecular weight excluding hydrogens is 502 g/mol. The van der Waals surface area contributed by atoms with Crippen molar-refractivity contribution in [1.29, 1.82) is 0 Å². The number of carboxylic acid groups (broad SMARTS) is 1. The number of aromatic carboxylic acids is 1. The van der Waals surface area contributed by atoms with Crippen molar-refractivity contribution < 1.29 is 24.3 Å². The monoisotopic (exact) mass is 527 g/mol. The third kappa shape index (κ3) is 6.37. The number of hydrogen-bond acceptors (Lipinski definition) is 5. The molecule has 0 heterocycles. The van der Waals surface area contributed by atoms with E-state index in [4.69, 9.17) is 0 Å². The maximum atomic E-state index is 13.1. The van der Waals surface area contributed by atoms with E-state index < -0.39 is 17.1 Å². The largest absolute Gasteiger partial charge is 0.478 e.